The monoisotopic (exact) mass is 138 g/mol. The van der Waals surface area contributed by atoms with Gasteiger partial charge in [-0.3, -0.25) is 4.79 Å². The third-order valence-corrected chi connectivity index (χ3v) is 2.08. The highest BCUT2D eigenvalue weighted by Gasteiger charge is 2.24. The zero-order valence-electron chi connectivity index (χ0n) is 5.68. The van der Waals surface area contributed by atoms with E-state index in [4.69, 9.17) is 0 Å². The van der Waals surface area contributed by atoms with Crippen LogP contribution in [-0.4, -0.2) is 12.3 Å². The first-order valence-electron chi connectivity index (χ1n) is 3.59. The Kier molecular flexibility index (Phi) is 1.24. The second-order valence-electron chi connectivity index (χ2n) is 2.81. The fourth-order valence-corrected chi connectivity index (χ4v) is 1.46. The summed E-state index contributed by atoms with van der Waals surface area (Å²) in [7, 11) is 0. The lowest BCUT2D eigenvalue weighted by Gasteiger charge is -2.13. The maximum Gasteiger partial charge on any atom is 0.157 e. The Balaban J connectivity index is 2.23. The second-order valence-corrected chi connectivity index (χ2v) is 2.81. The molecule has 3 nitrogen and oxygen atoms in total. The molecule has 1 saturated heterocycles. The Morgan fingerprint density at radius 3 is 3.40 bits per heavy atom. The normalized spacial score (nSPS) is 31.0. The average molecular weight is 138 g/mol. The van der Waals surface area contributed by atoms with Crippen molar-refractivity contribution in [3.05, 3.63) is 11.8 Å². The minimum absolute atomic E-state index is 0.252. The van der Waals surface area contributed by atoms with Crippen molar-refractivity contribution < 1.29 is 4.79 Å². The molecule has 0 amide bonds. The Morgan fingerprint density at radius 2 is 2.50 bits per heavy atom. The number of hydrogen-bond donors (Lipinski definition) is 2. The number of hydrogen-bond acceptors (Lipinski definition) is 3. The van der Waals surface area contributed by atoms with Crippen LogP contribution in [0.15, 0.2) is 11.8 Å². The molecular formula is C7H10N2O. The number of rotatable bonds is 0. The fraction of sp³-hybridized carbons (Fsp3) is 0.571. The lowest BCUT2D eigenvalue weighted by atomic mass is 9.93. The van der Waals surface area contributed by atoms with E-state index >= 15 is 0 Å². The molecule has 0 bridgehead atoms. The molecular weight excluding hydrogens is 128 g/mol. The standard InChI is InChI=1S/C7H10N2O/c10-6-2-1-5-4-8-9-7(5)3-6/h3,5,8-9H,1-2,4H2. The van der Waals surface area contributed by atoms with Crippen LogP contribution < -0.4 is 10.9 Å². The summed E-state index contributed by atoms with van der Waals surface area (Å²) in [6, 6.07) is 0. The highest BCUT2D eigenvalue weighted by atomic mass is 16.1. The van der Waals surface area contributed by atoms with Crippen LogP contribution in [0.5, 0.6) is 0 Å². The van der Waals surface area contributed by atoms with E-state index in [2.05, 4.69) is 10.9 Å². The summed E-state index contributed by atoms with van der Waals surface area (Å²) in [5.74, 6) is 0.820. The number of carbonyl (C=O) groups excluding carboxylic acids is 1. The van der Waals surface area contributed by atoms with E-state index in [0.717, 1.165) is 25.1 Å². The van der Waals surface area contributed by atoms with Crippen molar-refractivity contribution in [1.82, 2.24) is 10.9 Å². The van der Waals surface area contributed by atoms with Gasteiger partial charge in [0.15, 0.2) is 5.78 Å². The Hall–Kier alpha value is -0.830. The maximum absolute atomic E-state index is 10.9. The van der Waals surface area contributed by atoms with Gasteiger partial charge >= 0.3 is 0 Å². The largest absolute Gasteiger partial charge is 0.325 e. The fourth-order valence-electron chi connectivity index (χ4n) is 1.46. The van der Waals surface area contributed by atoms with E-state index in [0.29, 0.717) is 5.92 Å². The minimum atomic E-state index is 0.252. The predicted octanol–water partition coefficient (Wildman–Crippen LogP) is -0.0428. The van der Waals surface area contributed by atoms with Crippen LogP contribution in [0.1, 0.15) is 12.8 Å². The van der Waals surface area contributed by atoms with Crippen LogP contribution in [-0.2, 0) is 4.79 Å². The summed E-state index contributed by atoms with van der Waals surface area (Å²) in [6.07, 6.45) is 3.44. The van der Waals surface area contributed by atoms with Gasteiger partial charge in [0.25, 0.3) is 0 Å². The van der Waals surface area contributed by atoms with Gasteiger partial charge in [-0.1, -0.05) is 0 Å². The smallest absolute Gasteiger partial charge is 0.157 e. The molecule has 10 heavy (non-hydrogen) atoms. The SMILES string of the molecule is O=C1C=C2NNCC2CC1. The van der Waals surface area contributed by atoms with E-state index in [9.17, 15) is 4.79 Å². The third kappa shape index (κ3) is 0.827. The van der Waals surface area contributed by atoms with E-state index in [1.165, 1.54) is 0 Å². The van der Waals surface area contributed by atoms with Gasteiger partial charge in [-0.2, -0.15) is 0 Å². The summed E-state index contributed by atoms with van der Waals surface area (Å²) in [5, 5.41) is 0. The van der Waals surface area contributed by atoms with E-state index in [1.54, 1.807) is 6.08 Å². The maximum atomic E-state index is 10.9. The summed E-state index contributed by atoms with van der Waals surface area (Å²) in [4.78, 5) is 10.9. The van der Waals surface area contributed by atoms with Gasteiger partial charge in [0.05, 0.1) is 0 Å². The van der Waals surface area contributed by atoms with E-state index in [-0.39, 0.29) is 5.78 Å². The van der Waals surface area contributed by atoms with Crippen molar-refractivity contribution in [2.45, 2.75) is 12.8 Å². The molecule has 1 atom stereocenters. The molecule has 0 aromatic rings. The van der Waals surface area contributed by atoms with Crippen LogP contribution in [0, 0.1) is 5.92 Å². The molecule has 1 unspecified atom stereocenters. The minimum Gasteiger partial charge on any atom is -0.325 e. The Bertz CT molecular complexity index is 198. The van der Waals surface area contributed by atoms with Crippen LogP contribution in [0.3, 0.4) is 0 Å². The molecule has 0 aromatic heterocycles. The summed E-state index contributed by atoms with van der Waals surface area (Å²) < 4.78 is 0. The summed E-state index contributed by atoms with van der Waals surface area (Å²) in [5.41, 5.74) is 7.07. The van der Waals surface area contributed by atoms with Crippen molar-refractivity contribution in [2.75, 3.05) is 6.54 Å². The molecule has 0 radical (unpaired) electrons. The number of fused-ring (bicyclic) bond motifs is 1. The molecule has 1 aliphatic heterocycles. The first kappa shape index (κ1) is 5.92. The Morgan fingerprint density at radius 1 is 1.60 bits per heavy atom. The molecule has 3 heteroatoms. The van der Waals surface area contributed by atoms with E-state index < -0.39 is 0 Å². The van der Waals surface area contributed by atoms with Crippen LogP contribution in [0.4, 0.5) is 0 Å². The highest BCUT2D eigenvalue weighted by molar-refractivity contribution is 5.91. The van der Waals surface area contributed by atoms with Gasteiger partial charge in [-0.15, -0.1) is 0 Å². The van der Waals surface area contributed by atoms with Crippen LogP contribution >= 0.6 is 0 Å². The highest BCUT2D eigenvalue weighted by Crippen LogP contribution is 2.22. The molecule has 1 fully saturated rings. The van der Waals surface area contributed by atoms with Crippen molar-refractivity contribution in [3.8, 4) is 0 Å². The van der Waals surface area contributed by atoms with Gasteiger partial charge in [0.1, 0.15) is 0 Å². The van der Waals surface area contributed by atoms with Gasteiger partial charge in [0.2, 0.25) is 0 Å². The second kappa shape index (κ2) is 2.09. The zero-order valence-corrected chi connectivity index (χ0v) is 5.68. The third-order valence-electron chi connectivity index (χ3n) is 2.08. The number of ketones is 1. The quantitative estimate of drug-likeness (QED) is 0.493. The molecule has 2 aliphatic rings. The number of allylic oxidation sites excluding steroid dienone is 1. The number of hydrazine groups is 1. The predicted molar refractivity (Wildman–Crippen MR) is 37.0 cm³/mol. The topological polar surface area (TPSA) is 41.1 Å². The van der Waals surface area contributed by atoms with Crippen LogP contribution in [0.25, 0.3) is 0 Å². The zero-order chi connectivity index (χ0) is 6.97. The number of nitrogens with one attached hydrogen (secondary N) is 2. The van der Waals surface area contributed by atoms with Crippen molar-refractivity contribution in [1.29, 1.82) is 0 Å². The molecule has 0 spiro atoms. The van der Waals surface area contributed by atoms with Crippen molar-refractivity contribution in [2.24, 2.45) is 5.92 Å². The molecule has 0 saturated carbocycles. The molecule has 2 rings (SSSR count). The molecule has 1 aliphatic carbocycles. The van der Waals surface area contributed by atoms with Crippen LogP contribution in [0.2, 0.25) is 0 Å². The van der Waals surface area contributed by atoms with Gasteiger partial charge < -0.3 is 5.43 Å². The van der Waals surface area contributed by atoms with E-state index in [1.807, 2.05) is 0 Å². The summed E-state index contributed by atoms with van der Waals surface area (Å²) >= 11 is 0. The first-order chi connectivity index (χ1) is 4.86. The lowest BCUT2D eigenvalue weighted by Crippen LogP contribution is -2.21. The molecule has 1 heterocycles. The molecule has 54 valence electrons. The average Bonchev–Trinajstić information content (AvgIpc) is 2.33. The van der Waals surface area contributed by atoms with Crippen molar-refractivity contribution in [3.63, 3.8) is 0 Å². The van der Waals surface area contributed by atoms with Gasteiger partial charge in [0, 0.05) is 30.7 Å². The van der Waals surface area contributed by atoms with Gasteiger partial charge in [-0.05, 0) is 6.42 Å². The number of carbonyl (C=O) groups is 1. The first-order valence-corrected chi connectivity index (χ1v) is 3.59. The summed E-state index contributed by atoms with van der Waals surface area (Å²) in [6.45, 7) is 0.971. The molecule has 0 aromatic carbocycles. The lowest BCUT2D eigenvalue weighted by molar-refractivity contribution is -0.115. The van der Waals surface area contributed by atoms with Crippen molar-refractivity contribution >= 4 is 5.78 Å². The molecule has 2 N–H and O–H groups in total. The van der Waals surface area contributed by atoms with Gasteiger partial charge in [-0.25, -0.2) is 5.43 Å². The Labute approximate surface area is 59.5 Å².